The number of carboxylic acid groups (broad SMARTS) is 1. The van der Waals surface area contributed by atoms with Gasteiger partial charge >= 0.3 is 5.97 Å². The fourth-order valence-corrected chi connectivity index (χ4v) is 3.32. The molecule has 3 N–H and O–H groups in total. The SMILES string of the molecule is CC/C=C\C[C@H](O)/C=C/[C@H]1[C@H](O)CC(=O)[C@H]1CCCCCCC(=O)O. The van der Waals surface area contributed by atoms with Crippen LogP contribution in [0.5, 0.6) is 0 Å². The van der Waals surface area contributed by atoms with Gasteiger partial charge in [0.1, 0.15) is 5.78 Å². The molecule has 0 bridgehead atoms. The zero-order valence-corrected chi connectivity index (χ0v) is 15.1. The molecule has 0 aliphatic heterocycles. The highest BCUT2D eigenvalue weighted by molar-refractivity contribution is 5.84. The molecule has 5 heteroatoms. The second-order valence-corrected chi connectivity index (χ2v) is 6.84. The molecular weight excluding hydrogens is 320 g/mol. The molecule has 1 aliphatic carbocycles. The number of carbonyl (C=O) groups is 2. The quantitative estimate of drug-likeness (QED) is 0.370. The van der Waals surface area contributed by atoms with E-state index in [0.29, 0.717) is 19.3 Å². The first-order valence-electron chi connectivity index (χ1n) is 9.39. The van der Waals surface area contributed by atoms with E-state index in [0.717, 1.165) is 25.7 Å². The number of rotatable bonds is 12. The molecule has 1 aliphatic rings. The highest BCUT2D eigenvalue weighted by atomic mass is 16.4. The summed E-state index contributed by atoms with van der Waals surface area (Å²) in [6.07, 6.45) is 12.0. The van der Waals surface area contributed by atoms with Gasteiger partial charge in [-0.15, -0.1) is 0 Å². The van der Waals surface area contributed by atoms with E-state index in [9.17, 15) is 19.8 Å². The van der Waals surface area contributed by atoms with Crippen LogP contribution in [0.4, 0.5) is 0 Å². The zero-order chi connectivity index (χ0) is 18.7. The third kappa shape index (κ3) is 8.45. The summed E-state index contributed by atoms with van der Waals surface area (Å²) in [5.74, 6) is -1.10. The highest BCUT2D eigenvalue weighted by Gasteiger charge is 2.39. The van der Waals surface area contributed by atoms with E-state index in [4.69, 9.17) is 5.11 Å². The van der Waals surface area contributed by atoms with Crippen LogP contribution >= 0.6 is 0 Å². The summed E-state index contributed by atoms with van der Waals surface area (Å²) in [4.78, 5) is 22.6. The van der Waals surface area contributed by atoms with Crippen LogP contribution in [0.2, 0.25) is 0 Å². The molecule has 0 amide bonds. The van der Waals surface area contributed by atoms with Gasteiger partial charge in [-0.25, -0.2) is 0 Å². The Labute approximate surface area is 150 Å². The first kappa shape index (κ1) is 21.6. The van der Waals surface area contributed by atoms with E-state index < -0.39 is 18.2 Å². The molecule has 1 rings (SSSR count). The van der Waals surface area contributed by atoms with Gasteiger partial charge in [-0.05, 0) is 25.7 Å². The van der Waals surface area contributed by atoms with Crippen LogP contribution in [-0.2, 0) is 9.59 Å². The maximum absolute atomic E-state index is 12.1. The monoisotopic (exact) mass is 352 g/mol. The summed E-state index contributed by atoms with van der Waals surface area (Å²) in [5, 5.41) is 28.7. The van der Waals surface area contributed by atoms with Gasteiger partial charge in [0.05, 0.1) is 12.2 Å². The van der Waals surface area contributed by atoms with Crippen molar-refractivity contribution < 1.29 is 24.9 Å². The maximum atomic E-state index is 12.1. The molecule has 4 atom stereocenters. The first-order chi connectivity index (χ1) is 12.0. The molecule has 0 saturated heterocycles. The van der Waals surface area contributed by atoms with Crippen molar-refractivity contribution in [3.8, 4) is 0 Å². The van der Waals surface area contributed by atoms with Gasteiger partial charge in [0, 0.05) is 24.7 Å². The Morgan fingerprint density at radius 3 is 2.64 bits per heavy atom. The summed E-state index contributed by atoms with van der Waals surface area (Å²) >= 11 is 0. The van der Waals surface area contributed by atoms with E-state index >= 15 is 0 Å². The number of hydrogen-bond acceptors (Lipinski definition) is 4. The van der Waals surface area contributed by atoms with Gasteiger partial charge in [-0.1, -0.05) is 50.5 Å². The van der Waals surface area contributed by atoms with E-state index in [1.165, 1.54) is 0 Å². The van der Waals surface area contributed by atoms with Crippen molar-refractivity contribution in [2.24, 2.45) is 11.8 Å². The summed E-state index contributed by atoms with van der Waals surface area (Å²) in [7, 11) is 0. The van der Waals surface area contributed by atoms with Gasteiger partial charge in [0.15, 0.2) is 0 Å². The molecule has 0 aromatic carbocycles. The smallest absolute Gasteiger partial charge is 0.303 e. The van der Waals surface area contributed by atoms with Crippen LogP contribution in [0.3, 0.4) is 0 Å². The number of hydrogen-bond donors (Lipinski definition) is 3. The third-order valence-electron chi connectivity index (χ3n) is 4.72. The molecule has 0 aromatic rings. The minimum absolute atomic E-state index is 0.0908. The zero-order valence-electron chi connectivity index (χ0n) is 15.1. The number of aliphatic hydroxyl groups is 2. The second-order valence-electron chi connectivity index (χ2n) is 6.84. The van der Waals surface area contributed by atoms with Crippen molar-refractivity contribution in [3.05, 3.63) is 24.3 Å². The topological polar surface area (TPSA) is 94.8 Å². The number of ketones is 1. The Morgan fingerprint density at radius 1 is 1.24 bits per heavy atom. The lowest BCUT2D eigenvalue weighted by atomic mass is 9.88. The number of carboxylic acids is 1. The Balaban J connectivity index is 2.43. The van der Waals surface area contributed by atoms with E-state index in [-0.39, 0.29) is 30.5 Å². The highest BCUT2D eigenvalue weighted by Crippen LogP contribution is 2.34. The maximum Gasteiger partial charge on any atom is 0.303 e. The fourth-order valence-electron chi connectivity index (χ4n) is 3.32. The van der Waals surface area contributed by atoms with Crippen molar-refractivity contribution in [2.45, 2.75) is 76.9 Å². The number of Topliss-reactive ketones (excluding diaryl/α,β-unsaturated/α-hetero) is 1. The molecule has 0 aromatic heterocycles. The van der Waals surface area contributed by atoms with Gasteiger partial charge in [0.25, 0.3) is 0 Å². The molecular formula is C20H32O5. The minimum atomic E-state index is -0.772. The van der Waals surface area contributed by atoms with Crippen molar-refractivity contribution in [1.29, 1.82) is 0 Å². The lowest BCUT2D eigenvalue weighted by Gasteiger charge is -2.18. The molecule has 0 radical (unpaired) electrons. The lowest BCUT2D eigenvalue weighted by molar-refractivity contribution is -0.137. The molecule has 0 heterocycles. The standard InChI is InChI=1S/C20H32O5/c1-2-3-6-9-15(21)12-13-17-16(18(22)14-19(17)23)10-7-4-5-8-11-20(24)25/h3,6,12-13,15-17,19,21,23H,2,4-5,7-11,14H2,1H3,(H,24,25)/b6-3-,13-12+/t15-,16-,17+,19+/m0/s1. The van der Waals surface area contributed by atoms with Crippen LogP contribution in [0, 0.1) is 11.8 Å². The van der Waals surface area contributed by atoms with Crippen molar-refractivity contribution in [1.82, 2.24) is 0 Å². The van der Waals surface area contributed by atoms with Crippen LogP contribution in [0.25, 0.3) is 0 Å². The largest absolute Gasteiger partial charge is 0.481 e. The van der Waals surface area contributed by atoms with E-state index in [1.807, 2.05) is 19.1 Å². The van der Waals surface area contributed by atoms with Crippen LogP contribution < -0.4 is 0 Å². The molecule has 1 fully saturated rings. The number of allylic oxidation sites excluding steroid dienone is 1. The van der Waals surface area contributed by atoms with Gasteiger partial charge < -0.3 is 15.3 Å². The summed E-state index contributed by atoms with van der Waals surface area (Å²) in [5.41, 5.74) is 0. The minimum Gasteiger partial charge on any atom is -0.481 e. The fraction of sp³-hybridized carbons (Fsp3) is 0.700. The average Bonchev–Trinajstić information content (AvgIpc) is 2.82. The Kier molecular flexibility index (Phi) is 10.3. The lowest BCUT2D eigenvalue weighted by Crippen LogP contribution is -2.19. The predicted octanol–water partition coefficient (Wildman–Crippen LogP) is 3.25. The molecule has 1 saturated carbocycles. The molecule has 0 unspecified atom stereocenters. The number of aliphatic hydroxyl groups excluding tert-OH is 2. The van der Waals surface area contributed by atoms with Crippen molar-refractivity contribution >= 4 is 11.8 Å². The normalized spacial score (nSPS) is 25.2. The predicted molar refractivity (Wildman–Crippen MR) is 97.1 cm³/mol. The van der Waals surface area contributed by atoms with Crippen LogP contribution in [0.1, 0.15) is 64.7 Å². The summed E-state index contributed by atoms with van der Waals surface area (Å²) < 4.78 is 0. The van der Waals surface area contributed by atoms with E-state index in [1.54, 1.807) is 12.2 Å². The molecule has 0 spiro atoms. The van der Waals surface area contributed by atoms with Crippen molar-refractivity contribution in [2.75, 3.05) is 0 Å². The van der Waals surface area contributed by atoms with Crippen LogP contribution in [-0.4, -0.2) is 39.3 Å². The molecule has 142 valence electrons. The molecule has 5 nitrogen and oxygen atoms in total. The Hall–Kier alpha value is -1.46. The Bertz CT molecular complexity index is 469. The number of aliphatic carboxylic acids is 1. The van der Waals surface area contributed by atoms with Crippen molar-refractivity contribution in [3.63, 3.8) is 0 Å². The third-order valence-corrected chi connectivity index (χ3v) is 4.72. The van der Waals surface area contributed by atoms with Crippen LogP contribution in [0.15, 0.2) is 24.3 Å². The summed E-state index contributed by atoms with van der Waals surface area (Å²) in [6, 6.07) is 0. The van der Waals surface area contributed by atoms with E-state index in [2.05, 4.69) is 0 Å². The van der Waals surface area contributed by atoms with Gasteiger partial charge in [0.2, 0.25) is 0 Å². The Morgan fingerprint density at radius 2 is 1.96 bits per heavy atom. The summed E-state index contributed by atoms with van der Waals surface area (Å²) in [6.45, 7) is 2.03. The van der Waals surface area contributed by atoms with Gasteiger partial charge in [-0.3, -0.25) is 9.59 Å². The first-order valence-corrected chi connectivity index (χ1v) is 9.39. The number of carbonyl (C=O) groups excluding carboxylic acids is 1. The molecule has 25 heavy (non-hydrogen) atoms. The number of unbranched alkanes of at least 4 members (excludes halogenated alkanes) is 3. The average molecular weight is 352 g/mol. The second kappa shape index (κ2) is 12.0. The van der Waals surface area contributed by atoms with Gasteiger partial charge in [-0.2, -0.15) is 0 Å².